The standard InChI is InChI=1S/C18H36N2O6Si/c1-17(2,3)25-16(22)19-12-15(26-27(7,8)18(4,5)6)10-13(19)9-14(21)11-20(23)24/h13-15,21H,9-12H2,1-8H3/t13-,14+,15-/m1/s1. The second kappa shape index (κ2) is 8.44. The third-order valence-electron chi connectivity index (χ3n) is 5.18. The molecule has 0 aromatic rings. The van der Waals surface area contributed by atoms with Crippen LogP contribution in [0.2, 0.25) is 18.1 Å². The van der Waals surface area contributed by atoms with Gasteiger partial charge in [0, 0.05) is 23.9 Å². The maximum atomic E-state index is 12.6. The van der Waals surface area contributed by atoms with Gasteiger partial charge in [0.2, 0.25) is 6.54 Å². The van der Waals surface area contributed by atoms with E-state index in [0.29, 0.717) is 13.0 Å². The molecule has 1 heterocycles. The molecular formula is C18H36N2O6Si. The maximum Gasteiger partial charge on any atom is 0.410 e. The average molecular weight is 405 g/mol. The Kier molecular flexibility index (Phi) is 7.46. The van der Waals surface area contributed by atoms with Crippen LogP contribution in [0.15, 0.2) is 0 Å². The zero-order chi connectivity index (χ0) is 21.2. The molecule has 9 heteroatoms. The van der Waals surface area contributed by atoms with Crippen molar-refractivity contribution in [2.45, 2.75) is 96.4 Å². The molecule has 1 N–H and O–H groups in total. The molecule has 0 unspecified atom stereocenters. The first-order chi connectivity index (χ1) is 12.0. The molecule has 0 radical (unpaired) electrons. The van der Waals surface area contributed by atoms with E-state index in [1.54, 1.807) is 25.7 Å². The summed E-state index contributed by atoms with van der Waals surface area (Å²) >= 11 is 0. The number of aliphatic hydroxyl groups is 1. The molecule has 3 atom stereocenters. The quantitative estimate of drug-likeness (QED) is 0.413. The first kappa shape index (κ1) is 23.8. The Morgan fingerprint density at radius 2 is 1.85 bits per heavy atom. The summed E-state index contributed by atoms with van der Waals surface area (Å²) in [7, 11) is -2.03. The Morgan fingerprint density at radius 1 is 1.30 bits per heavy atom. The predicted octanol–water partition coefficient (Wildman–Crippen LogP) is 3.41. The van der Waals surface area contributed by atoms with Crippen molar-refractivity contribution in [3.05, 3.63) is 10.1 Å². The highest BCUT2D eigenvalue weighted by molar-refractivity contribution is 6.74. The summed E-state index contributed by atoms with van der Waals surface area (Å²) in [4.78, 5) is 24.3. The Labute approximate surface area is 163 Å². The van der Waals surface area contributed by atoms with Crippen LogP contribution >= 0.6 is 0 Å². The van der Waals surface area contributed by atoms with Crippen molar-refractivity contribution in [1.82, 2.24) is 4.90 Å². The minimum atomic E-state index is -2.03. The second-order valence-electron chi connectivity index (χ2n) is 9.93. The van der Waals surface area contributed by atoms with Gasteiger partial charge in [0.15, 0.2) is 8.32 Å². The van der Waals surface area contributed by atoms with Gasteiger partial charge in [-0.05, 0) is 45.3 Å². The van der Waals surface area contributed by atoms with E-state index in [1.807, 2.05) is 0 Å². The predicted molar refractivity (Wildman–Crippen MR) is 106 cm³/mol. The van der Waals surface area contributed by atoms with Gasteiger partial charge < -0.3 is 19.2 Å². The molecule has 158 valence electrons. The zero-order valence-corrected chi connectivity index (χ0v) is 18.9. The van der Waals surface area contributed by atoms with Crippen molar-refractivity contribution in [2.24, 2.45) is 0 Å². The van der Waals surface area contributed by atoms with E-state index < -0.39 is 37.6 Å². The van der Waals surface area contributed by atoms with E-state index in [1.165, 1.54) is 0 Å². The molecule has 8 nitrogen and oxygen atoms in total. The van der Waals surface area contributed by atoms with Gasteiger partial charge in [-0.2, -0.15) is 0 Å². The molecule has 1 fully saturated rings. The number of nitro groups is 1. The third kappa shape index (κ3) is 7.38. The van der Waals surface area contributed by atoms with Gasteiger partial charge in [-0.1, -0.05) is 20.8 Å². The van der Waals surface area contributed by atoms with Crippen LogP contribution in [0.5, 0.6) is 0 Å². The SMILES string of the molecule is CC(C)(C)OC(=O)N1C[C@H](O[Si](C)(C)C(C)(C)C)C[C@H]1C[C@H](O)C[N+](=O)[O-]. The molecule has 0 bridgehead atoms. The van der Waals surface area contributed by atoms with Gasteiger partial charge in [0.05, 0.1) is 6.10 Å². The fraction of sp³-hybridized carbons (Fsp3) is 0.944. The fourth-order valence-corrected chi connectivity index (χ4v) is 4.24. The van der Waals surface area contributed by atoms with Crippen molar-refractivity contribution in [1.29, 1.82) is 0 Å². The summed E-state index contributed by atoms with van der Waals surface area (Å²) in [6.07, 6.45) is -1.06. The Balaban J connectivity index is 2.92. The van der Waals surface area contributed by atoms with Crippen LogP contribution in [0.3, 0.4) is 0 Å². The number of carbonyl (C=O) groups is 1. The minimum Gasteiger partial charge on any atom is -0.444 e. The van der Waals surface area contributed by atoms with Crippen LogP contribution in [0.4, 0.5) is 4.79 Å². The molecular weight excluding hydrogens is 368 g/mol. The van der Waals surface area contributed by atoms with Crippen molar-refractivity contribution < 1.29 is 24.0 Å². The lowest BCUT2D eigenvalue weighted by molar-refractivity contribution is -0.490. The van der Waals surface area contributed by atoms with E-state index in [9.17, 15) is 20.0 Å². The highest BCUT2D eigenvalue weighted by atomic mass is 28.4. The highest BCUT2D eigenvalue weighted by Gasteiger charge is 2.45. The average Bonchev–Trinajstić information content (AvgIpc) is 2.76. The van der Waals surface area contributed by atoms with E-state index in [0.717, 1.165) is 0 Å². The van der Waals surface area contributed by atoms with Crippen LogP contribution in [0.25, 0.3) is 0 Å². The topological polar surface area (TPSA) is 102 Å². The maximum absolute atomic E-state index is 12.6. The monoisotopic (exact) mass is 404 g/mol. The van der Waals surface area contributed by atoms with Gasteiger partial charge >= 0.3 is 6.09 Å². The molecule has 1 saturated heterocycles. The molecule has 1 aliphatic heterocycles. The van der Waals surface area contributed by atoms with Crippen LogP contribution in [-0.4, -0.2) is 66.3 Å². The summed E-state index contributed by atoms with van der Waals surface area (Å²) in [6.45, 7) is 16.0. The Hall–Kier alpha value is -1.19. The summed E-state index contributed by atoms with van der Waals surface area (Å²) in [5, 5.41) is 20.7. The number of rotatable bonds is 6. The lowest BCUT2D eigenvalue weighted by Crippen LogP contribution is -2.45. The van der Waals surface area contributed by atoms with Crippen molar-refractivity contribution in [2.75, 3.05) is 13.1 Å². The normalized spacial score (nSPS) is 22.6. The van der Waals surface area contributed by atoms with Crippen LogP contribution in [0, 0.1) is 10.1 Å². The number of ether oxygens (including phenoxy) is 1. The molecule has 0 spiro atoms. The Morgan fingerprint density at radius 3 is 2.30 bits per heavy atom. The molecule has 1 aliphatic rings. The molecule has 0 aromatic carbocycles. The number of carbonyl (C=O) groups excluding carboxylic acids is 1. The van der Waals surface area contributed by atoms with Crippen molar-refractivity contribution in [3.8, 4) is 0 Å². The van der Waals surface area contributed by atoms with E-state index in [2.05, 4.69) is 33.9 Å². The molecule has 1 rings (SSSR count). The largest absolute Gasteiger partial charge is 0.444 e. The van der Waals surface area contributed by atoms with E-state index >= 15 is 0 Å². The molecule has 27 heavy (non-hydrogen) atoms. The van der Waals surface area contributed by atoms with Crippen molar-refractivity contribution >= 4 is 14.4 Å². The summed E-state index contributed by atoms with van der Waals surface area (Å²) in [5.41, 5.74) is -0.639. The van der Waals surface area contributed by atoms with Crippen LogP contribution < -0.4 is 0 Å². The third-order valence-corrected chi connectivity index (χ3v) is 9.71. The van der Waals surface area contributed by atoms with E-state index in [4.69, 9.17) is 9.16 Å². The zero-order valence-electron chi connectivity index (χ0n) is 17.9. The molecule has 0 aromatic heterocycles. The first-order valence-corrected chi connectivity index (χ1v) is 12.4. The second-order valence-corrected chi connectivity index (χ2v) is 14.7. The lowest BCUT2D eigenvalue weighted by Gasteiger charge is -2.38. The number of aliphatic hydroxyl groups excluding tert-OH is 1. The number of hydrogen-bond donors (Lipinski definition) is 1. The smallest absolute Gasteiger partial charge is 0.410 e. The van der Waals surface area contributed by atoms with Crippen LogP contribution in [-0.2, 0) is 9.16 Å². The fourth-order valence-electron chi connectivity index (χ4n) is 2.88. The summed E-state index contributed by atoms with van der Waals surface area (Å²) in [5.74, 6) is 0. The Bertz CT molecular complexity index is 541. The van der Waals surface area contributed by atoms with Gasteiger partial charge in [-0.15, -0.1) is 0 Å². The van der Waals surface area contributed by atoms with Gasteiger partial charge in [0.25, 0.3) is 0 Å². The molecule has 0 aliphatic carbocycles. The number of nitrogens with zero attached hydrogens (tertiary/aromatic N) is 2. The summed E-state index contributed by atoms with van der Waals surface area (Å²) < 4.78 is 11.9. The van der Waals surface area contributed by atoms with Gasteiger partial charge in [-0.25, -0.2) is 4.79 Å². The van der Waals surface area contributed by atoms with E-state index in [-0.39, 0.29) is 23.6 Å². The van der Waals surface area contributed by atoms with Crippen molar-refractivity contribution in [3.63, 3.8) is 0 Å². The lowest BCUT2D eigenvalue weighted by atomic mass is 10.1. The highest BCUT2D eigenvalue weighted by Crippen LogP contribution is 2.39. The van der Waals surface area contributed by atoms with Crippen LogP contribution in [0.1, 0.15) is 54.4 Å². The molecule has 0 saturated carbocycles. The number of likely N-dealkylation sites (tertiary alicyclic amines) is 1. The summed E-state index contributed by atoms with van der Waals surface area (Å²) in [6, 6.07) is -0.343. The molecule has 1 amide bonds. The first-order valence-electron chi connectivity index (χ1n) is 9.49. The number of hydrogen-bond acceptors (Lipinski definition) is 6. The minimum absolute atomic E-state index is 0.0347. The van der Waals surface area contributed by atoms with Gasteiger partial charge in [-0.3, -0.25) is 10.1 Å². The van der Waals surface area contributed by atoms with Gasteiger partial charge in [0.1, 0.15) is 11.7 Å². The number of amides is 1.